The van der Waals surface area contributed by atoms with Gasteiger partial charge in [-0.05, 0) is 37.0 Å². The van der Waals surface area contributed by atoms with E-state index in [1.54, 1.807) is 18.4 Å². The van der Waals surface area contributed by atoms with Crippen molar-refractivity contribution in [1.82, 2.24) is 9.55 Å². The molecule has 0 saturated carbocycles. The van der Waals surface area contributed by atoms with E-state index in [0.29, 0.717) is 19.6 Å². The van der Waals surface area contributed by atoms with Crippen LogP contribution in [0.5, 0.6) is 5.75 Å². The highest BCUT2D eigenvalue weighted by atomic mass is 32.1. The summed E-state index contributed by atoms with van der Waals surface area (Å²) < 4.78 is 13.3. The van der Waals surface area contributed by atoms with Crippen molar-refractivity contribution in [2.75, 3.05) is 20.3 Å². The minimum Gasteiger partial charge on any atom is -0.493 e. The number of hydrogen-bond donors (Lipinski definition) is 1. The molecule has 33 heavy (non-hydrogen) atoms. The first-order chi connectivity index (χ1) is 15.8. The summed E-state index contributed by atoms with van der Waals surface area (Å²) >= 11 is 1.57. The Hall–Kier alpha value is -2.97. The molecule has 0 radical (unpaired) electrons. The first-order valence-electron chi connectivity index (χ1n) is 11.0. The number of hydrogen-bond acceptors (Lipinski definition) is 6. The predicted molar refractivity (Wildman–Crippen MR) is 129 cm³/mol. The Kier molecular flexibility index (Phi) is 6.67. The van der Waals surface area contributed by atoms with Crippen molar-refractivity contribution in [2.24, 2.45) is 5.92 Å². The zero-order chi connectivity index (χ0) is 23.7. The number of aromatic nitrogens is 2. The van der Waals surface area contributed by atoms with Gasteiger partial charge in [0.25, 0.3) is 0 Å². The Morgan fingerprint density at radius 1 is 1.27 bits per heavy atom. The molecule has 1 aliphatic heterocycles. The molecule has 3 heterocycles. The smallest absolute Gasteiger partial charge is 0.341 e. The van der Waals surface area contributed by atoms with Gasteiger partial charge < -0.3 is 19.1 Å². The lowest BCUT2D eigenvalue weighted by Gasteiger charge is -2.34. The van der Waals surface area contributed by atoms with Crippen molar-refractivity contribution < 1.29 is 19.4 Å². The van der Waals surface area contributed by atoms with E-state index in [1.165, 1.54) is 12.3 Å². The number of nitrogens with zero attached hydrogens (tertiary/aromatic N) is 2. The number of carbonyl (C=O) groups is 1. The van der Waals surface area contributed by atoms with Crippen LogP contribution in [0.4, 0.5) is 0 Å². The van der Waals surface area contributed by atoms with Crippen molar-refractivity contribution >= 4 is 17.3 Å². The lowest BCUT2D eigenvalue weighted by Crippen LogP contribution is -2.28. The highest BCUT2D eigenvalue weighted by Crippen LogP contribution is 2.43. The number of methoxy groups -OCH3 is 1. The molecule has 0 fully saturated rings. The van der Waals surface area contributed by atoms with E-state index in [-0.39, 0.29) is 17.5 Å². The van der Waals surface area contributed by atoms with Crippen LogP contribution < -0.4 is 10.2 Å². The van der Waals surface area contributed by atoms with Gasteiger partial charge in [0, 0.05) is 54.9 Å². The second kappa shape index (κ2) is 9.49. The molecule has 1 aromatic carbocycles. The van der Waals surface area contributed by atoms with Gasteiger partial charge in [-0.25, -0.2) is 9.78 Å². The number of pyridine rings is 1. The van der Waals surface area contributed by atoms with Gasteiger partial charge in [-0.2, -0.15) is 0 Å². The van der Waals surface area contributed by atoms with E-state index in [0.717, 1.165) is 45.3 Å². The Morgan fingerprint density at radius 3 is 2.70 bits per heavy atom. The fourth-order valence-electron chi connectivity index (χ4n) is 4.30. The van der Waals surface area contributed by atoms with Gasteiger partial charge in [0.15, 0.2) is 5.43 Å². The number of benzene rings is 1. The summed E-state index contributed by atoms with van der Waals surface area (Å²) in [6, 6.07) is 5.56. The maximum atomic E-state index is 12.6. The molecule has 1 N–H and O–H groups in total. The molecule has 4 rings (SSSR count). The number of ether oxygens (including phenoxy) is 2. The average Bonchev–Trinajstić information content (AvgIpc) is 3.21. The molecule has 174 valence electrons. The molecule has 1 aliphatic rings. The molecule has 1 unspecified atom stereocenters. The second-order valence-electron chi connectivity index (χ2n) is 8.62. The Bertz CT molecular complexity index is 1240. The molecule has 1 atom stereocenters. The molecule has 0 spiro atoms. The molecule has 3 aromatic rings. The van der Waals surface area contributed by atoms with Crippen molar-refractivity contribution in [3.05, 3.63) is 56.1 Å². The quantitative estimate of drug-likeness (QED) is 0.477. The van der Waals surface area contributed by atoms with Crippen molar-refractivity contribution in [1.29, 1.82) is 0 Å². The zero-order valence-corrected chi connectivity index (χ0v) is 20.1. The summed E-state index contributed by atoms with van der Waals surface area (Å²) in [4.78, 5) is 28.9. The first-order valence-corrected chi connectivity index (χ1v) is 11.9. The van der Waals surface area contributed by atoms with Crippen molar-refractivity contribution in [3.8, 4) is 28.3 Å². The van der Waals surface area contributed by atoms with Crippen LogP contribution in [0.3, 0.4) is 0 Å². The van der Waals surface area contributed by atoms with Crippen LogP contribution in [-0.4, -0.2) is 41.0 Å². The van der Waals surface area contributed by atoms with Gasteiger partial charge in [0.05, 0.1) is 23.0 Å². The number of rotatable bonds is 8. The van der Waals surface area contributed by atoms with E-state index in [9.17, 15) is 14.7 Å². The lowest BCUT2D eigenvalue weighted by atomic mass is 9.86. The summed E-state index contributed by atoms with van der Waals surface area (Å²) in [6.07, 6.45) is 2.98. The normalized spacial score (nSPS) is 14.8. The van der Waals surface area contributed by atoms with Crippen LogP contribution in [0.15, 0.2) is 34.6 Å². The molecule has 0 bridgehead atoms. The maximum absolute atomic E-state index is 12.6. The molecular formula is C25H28N2O5S. The fraction of sp³-hybridized carbons (Fsp3) is 0.400. The number of carboxylic acids is 1. The van der Waals surface area contributed by atoms with Crippen LogP contribution in [0, 0.1) is 12.8 Å². The molecule has 0 amide bonds. The molecule has 7 nitrogen and oxygen atoms in total. The van der Waals surface area contributed by atoms with Crippen LogP contribution in [-0.2, 0) is 11.2 Å². The Balaban J connectivity index is 1.89. The first kappa shape index (κ1) is 23.2. The topological polar surface area (TPSA) is 90.7 Å². The van der Waals surface area contributed by atoms with E-state index in [4.69, 9.17) is 9.47 Å². The summed E-state index contributed by atoms with van der Waals surface area (Å²) in [6.45, 7) is 7.31. The standard InChI is InChI=1S/C25H28N2O5S/c1-14(2)21-8-16-9-24(32-7-5-6-31-4)18(20-13-33-15(3)26-20)10-17(16)22-11-23(28)19(25(29)30)12-27(21)22/h9-14,21H,5-8H2,1-4H3,(H,29,30). The number of fused-ring (bicyclic) bond motifs is 3. The van der Waals surface area contributed by atoms with Gasteiger partial charge in [-0.1, -0.05) is 13.8 Å². The van der Waals surface area contributed by atoms with Crippen molar-refractivity contribution in [2.45, 2.75) is 39.7 Å². The Morgan fingerprint density at radius 2 is 2.06 bits per heavy atom. The monoisotopic (exact) mass is 468 g/mol. The van der Waals surface area contributed by atoms with Crippen LogP contribution in [0.25, 0.3) is 22.5 Å². The lowest BCUT2D eigenvalue weighted by molar-refractivity contribution is 0.0694. The van der Waals surface area contributed by atoms with Gasteiger partial charge in [-0.3, -0.25) is 4.79 Å². The molecular weight excluding hydrogens is 440 g/mol. The minimum atomic E-state index is -1.21. The number of aromatic carboxylic acids is 1. The second-order valence-corrected chi connectivity index (χ2v) is 9.68. The fourth-order valence-corrected chi connectivity index (χ4v) is 4.92. The predicted octanol–water partition coefficient (Wildman–Crippen LogP) is 4.81. The third-order valence-electron chi connectivity index (χ3n) is 5.99. The molecule has 2 aromatic heterocycles. The van der Waals surface area contributed by atoms with Crippen LogP contribution in [0.2, 0.25) is 0 Å². The van der Waals surface area contributed by atoms with Gasteiger partial charge in [0.2, 0.25) is 0 Å². The van der Waals surface area contributed by atoms with E-state index in [2.05, 4.69) is 24.9 Å². The van der Waals surface area contributed by atoms with Gasteiger partial charge in [-0.15, -0.1) is 11.3 Å². The Labute approximate surface area is 196 Å². The van der Waals surface area contributed by atoms with E-state index < -0.39 is 11.4 Å². The average molecular weight is 469 g/mol. The zero-order valence-electron chi connectivity index (χ0n) is 19.3. The molecule has 0 aliphatic carbocycles. The highest BCUT2D eigenvalue weighted by Gasteiger charge is 2.29. The van der Waals surface area contributed by atoms with Crippen molar-refractivity contribution in [3.63, 3.8) is 0 Å². The van der Waals surface area contributed by atoms with Crippen LogP contribution >= 0.6 is 11.3 Å². The summed E-state index contributed by atoms with van der Waals surface area (Å²) in [7, 11) is 1.67. The number of thiazole rings is 1. The largest absolute Gasteiger partial charge is 0.493 e. The maximum Gasteiger partial charge on any atom is 0.341 e. The van der Waals surface area contributed by atoms with E-state index >= 15 is 0 Å². The number of carboxylic acid groups (broad SMARTS) is 1. The third kappa shape index (κ3) is 4.58. The SMILES string of the molecule is COCCCOc1cc2c(cc1-c1csc(C)n1)-c1cc(=O)c(C(=O)O)cn1C(C(C)C)C2. The number of aryl methyl sites for hydroxylation is 1. The van der Waals surface area contributed by atoms with E-state index in [1.807, 2.05) is 22.9 Å². The third-order valence-corrected chi connectivity index (χ3v) is 6.77. The summed E-state index contributed by atoms with van der Waals surface area (Å²) in [5, 5.41) is 12.4. The van der Waals surface area contributed by atoms with Crippen LogP contribution in [0.1, 0.15) is 47.2 Å². The van der Waals surface area contributed by atoms with Gasteiger partial charge >= 0.3 is 5.97 Å². The molecule has 0 saturated heterocycles. The highest BCUT2D eigenvalue weighted by molar-refractivity contribution is 7.09. The minimum absolute atomic E-state index is 0.0277. The van der Waals surface area contributed by atoms with Gasteiger partial charge in [0.1, 0.15) is 11.3 Å². The summed E-state index contributed by atoms with van der Waals surface area (Å²) in [5.41, 5.74) is 3.70. The summed E-state index contributed by atoms with van der Waals surface area (Å²) in [5.74, 6) is -0.203. The molecule has 8 heteroatoms.